The van der Waals surface area contributed by atoms with Gasteiger partial charge in [0.2, 0.25) is 0 Å². The Morgan fingerprint density at radius 3 is 2.72 bits per heavy atom. The van der Waals surface area contributed by atoms with E-state index in [9.17, 15) is 4.79 Å². The first kappa shape index (κ1) is 13.0. The number of aromatic nitrogens is 1. The number of benzene rings is 1. The van der Waals surface area contributed by atoms with Crippen LogP contribution in [0.1, 0.15) is 21.1 Å². The maximum atomic E-state index is 12.0. The molecule has 1 amide bonds. The highest BCUT2D eigenvalue weighted by Crippen LogP contribution is 2.28. The van der Waals surface area contributed by atoms with Gasteiger partial charge in [0.1, 0.15) is 5.69 Å². The van der Waals surface area contributed by atoms with Crippen LogP contribution in [0.3, 0.4) is 0 Å². The summed E-state index contributed by atoms with van der Waals surface area (Å²) in [4.78, 5) is 16.1. The van der Waals surface area contributed by atoms with Crippen LogP contribution >= 0.6 is 27.3 Å². The molecule has 6 heteroatoms. The summed E-state index contributed by atoms with van der Waals surface area (Å²) in [6.07, 6.45) is 0. The number of nitrogens with two attached hydrogens (primary N) is 1. The van der Waals surface area contributed by atoms with Gasteiger partial charge >= 0.3 is 0 Å². The molecule has 18 heavy (non-hydrogen) atoms. The summed E-state index contributed by atoms with van der Waals surface area (Å²) < 4.78 is 0.889. The fraction of sp³-hybridized carbons (Fsp3) is 0.167. The molecule has 2 aromatic rings. The van der Waals surface area contributed by atoms with E-state index in [1.807, 2.05) is 19.9 Å². The van der Waals surface area contributed by atoms with Crippen LogP contribution in [0.5, 0.6) is 0 Å². The van der Waals surface area contributed by atoms with Crippen molar-refractivity contribution in [2.24, 2.45) is 0 Å². The lowest BCUT2D eigenvalue weighted by atomic mass is 10.1. The Kier molecular flexibility index (Phi) is 3.68. The van der Waals surface area contributed by atoms with Crippen LogP contribution in [0.2, 0.25) is 0 Å². The summed E-state index contributed by atoms with van der Waals surface area (Å²) in [5.41, 5.74) is 8.38. The topological polar surface area (TPSA) is 68.0 Å². The fourth-order valence-electron chi connectivity index (χ4n) is 1.59. The van der Waals surface area contributed by atoms with Gasteiger partial charge in [-0.2, -0.15) is 0 Å². The number of amides is 1. The third-order valence-corrected chi connectivity index (χ3v) is 3.65. The standard InChI is InChI=1S/C12H12BrN3OS/c1-6-3-8(13)4-9(14)11(6)16-12(17)10-5-18-7(2)15-10/h3-5H,14H2,1-2H3,(H,16,17). The molecule has 0 aliphatic carbocycles. The average Bonchev–Trinajstić information content (AvgIpc) is 2.70. The summed E-state index contributed by atoms with van der Waals surface area (Å²) in [5, 5.41) is 5.39. The quantitative estimate of drug-likeness (QED) is 0.832. The molecule has 0 radical (unpaired) electrons. The second kappa shape index (κ2) is 5.07. The number of rotatable bonds is 2. The van der Waals surface area contributed by atoms with Gasteiger partial charge in [0.05, 0.1) is 16.4 Å². The number of hydrogen-bond donors (Lipinski definition) is 2. The van der Waals surface area contributed by atoms with E-state index >= 15 is 0 Å². The van der Waals surface area contributed by atoms with Gasteiger partial charge in [-0.25, -0.2) is 4.98 Å². The molecule has 0 fully saturated rings. The first-order valence-corrected chi connectivity index (χ1v) is 6.93. The lowest BCUT2D eigenvalue weighted by Gasteiger charge is -2.11. The van der Waals surface area contributed by atoms with Crippen molar-refractivity contribution in [3.05, 3.63) is 38.3 Å². The maximum absolute atomic E-state index is 12.0. The first-order valence-electron chi connectivity index (χ1n) is 5.26. The molecule has 94 valence electrons. The van der Waals surface area contributed by atoms with E-state index in [1.54, 1.807) is 11.4 Å². The van der Waals surface area contributed by atoms with Gasteiger partial charge in [-0.3, -0.25) is 4.79 Å². The van der Waals surface area contributed by atoms with Gasteiger partial charge in [0.15, 0.2) is 0 Å². The molecule has 0 bridgehead atoms. The van der Waals surface area contributed by atoms with Gasteiger partial charge in [0.25, 0.3) is 5.91 Å². The summed E-state index contributed by atoms with van der Waals surface area (Å²) >= 11 is 4.80. The number of halogens is 1. The van der Waals surface area contributed by atoms with E-state index in [1.165, 1.54) is 11.3 Å². The van der Waals surface area contributed by atoms with Gasteiger partial charge in [0, 0.05) is 9.85 Å². The number of hydrogen-bond acceptors (Lipinski definition) is 4. The van der Waals surface area contributed by atoms with E-state index in [4.69, 9.17) is 5.73 Å². The smallest absolute Gasteiger partial charge is 0.275 e. The van der Waals surface area contributed by atoms with Crippen molar-refractivity contribution in [2.75, 3.05) is 11.1 Å². The van der Waals surface area contributed by atoms with Crippen molar-refractivity contribution in [3.8, 4) is 0 Å². The average molecular weight is 326 g/mol. The van der Waals surface area contributed by atoms with Crippen molar-refractivity contribution in [1.82, 2.24) is 4.98 Å². The molecule has 0 unspecified atom stereocenters. The lowest BCUT2D eigenvalue weighted by Crippen LogP contribution is -2.14. The minimum atomic E-state index is -0.239. The van der Waals surface area contributed by atoms with Crippen LogP contribution in [-0.4, -0.2) is 10.9 Å². The number of carbonyl (C=O) groups is 1. The number of anilines is 2. The zero-order valence-electron chi connectivity index (χ0n) is 9.95. The third-order valence-electron chi connectivity index (χ3n) is 2.42. The van der Waals surface area contributed by atoms with Crippen LogP contribution < -0.4 is 11.1 Å². The van der Waals surface area contributed by atoms with Crippen LogP contribution in [0, 0.1) is 13.8 Å². The predicted octanol–water partition coefficient (Wildman–Crippen LogP) is 3.36. The highest BCUT2D eigenvalue weighted by Gasteiger charge is 2.13. The van der Waals surface area contributed by atoms with Crippen molar-refractivity contribution in [3.63, 3.8) is 0 Å². The van der Waals surface area contributed by atoms with Crippen molar-refractivity contribution in [1.29, 1.82) is 0 Å². The molecule has 1 heterocycles. The fourth-order valence-corrected chi connectivity index (χ4v) is 2.77. The molecule has 0 saturated heterocycles. The normalized spacial score (nSPS) is 10.4. The van der Waals surface area contributed by atoms with Crippen LogP contribution in [0.25, 0.3) is 0 Å². The van der Waals surface area contributed by atoms with E-state index < -0.39 is 0 Å². The Morgan fingerprint density at radius 1 is 1.44 bits per heavy atom. The summed E-state index contributed by atoms with van der Waals surface area (Å²) in [5.74, 6) is -0.239. The molecule has 0 aliphatic heterocycles. The molecular formula is C12H12BrN3OS. The van der Waals surface area contributed by atoms with Crippen LogP contribution in [0.15, 0.2) is 22.0 Å². The van der Waals surface area contributed by atoms with E-state index in [-0.39, 0.29) is 5.91 Å². The lowest BCUT2D eigenvalue weighted by molar-refractivity contribution is 0.102. The highest BCUT2D eigenvalue weighted by molar-refractivity contribution is 9.10. The Balaban J connectivity index is 2.27. The Morgan fingerprint density at radius 2 is 2.17 bits per heavy atom. The zero-order valence-corrected chi connectivity index (χ0v) is 12.4. The van der Waals surface area contributed by atoms with E-state index in [2.05, 4.69) is 26.2 Å². The minimum Gasteiger partial charge on any atom is -0.397 e. The summed E-state index contributed by atoms with van der Waals surface area (Å²) in [6, 6.07) is 3.66. The van der Waals surface area contributed by atoms with Crippen LogP contribution in [0.4, 0.5) is 11.4 Å². The van der Waals surface area contributed by atoms with E-state index in [0.717, 1.165) is 15.0 Å². The molecule has 2 rings (SSSR count). The number of nitrogens with one attached hydrogen (secondary N) is 1. The molecule has 1 aromatic carbocycles. The Hall–Kier alpha value is -1.40. The van der Waals surface area contributed by atoms with Gasteiger partial charge in [-0.05, 0) is 31.5 Å². The van der Waals surface area contributed by atoms with Crippen molar-refractivity contribution >= 4 is 44.5 Å². The Labute approximate surface area is 117 Å². The number of nitrogen functional groups attached to an aromatic ring is 1. The van der Waals surface area contributed by atoms with E-state index in [0.29, 0.717) is 17.1 Å². The van der Waals surface area contributed by atoms with Crippen molar-refractivity contribution < 1.29 is 4.79 Å². The third kappa shape index (κ3) is 2.70. The second-order valence-corrected chi connectivity index (χ2v) is 5.87. The molecule has 1 aromatic heterocycles. The maximum Gasteiger partial charge on any atom is 0.275 e. The molecule has 0 aliphatic rings. The minimum absolute atomic E-state index is 0.239. The molecule has 4 nitrogen and oxygen atoms in total. The molecular weight excluding hydrogens is 314 g/mol. The van der Waals surface area contributed by atoms with Gasteiger partial charge < -0.3 is 11.1 Å². The summed E-state index contributed by atoms with van der Waals surface area (Å²) in [6.45, 7) is 3.75. The molecule has 0 spiro atoms. The first-order chi connectivity index (χ1) is 8.47. The summed E-state index contributed by atoms with van der Waals surface area (Å²) in [7, 11) is 0. The van der Waals surface area contributed by atoms with Gasteiger partial charge in [-0.15, -0.1) is 11.3 Å². The number of thiazole rings is 1. The molecule has 3 N–H and O–H groups in total. The second-order valence-electron chi connectivity index (χ2n) is 3.89. The number of nitrogens with zero attached hydrogens (tertiary/aromatic N) is 1. The predicted molar refractivity (Wildman–Crippen MR) is 78.1 cm³/mol. The zero-order chi connectivity index (χ0) is 13.3. The Bertz CT molecular complexity index is 586. The monoisotopic (exact) mass is 325 g/mol. The van der Waals surface area contributed by atoms with Crippen LogP contribution in [-0.2, 0) is 0 Å². The van der Waals surface area contributed by atoms with Gasteiger partial charge in [-0.1, -0.05) is 15.9 Å². The largest absolute Gasteiger partial charge is 0.397 e. The van der Waals surface area contributed by atoms with Crippen molar-refractivity contribution in [2.45, 2.75) is 13.8 Å². The number of aryl methyl sites for hydroxylation is 2. The highest BCUT2D eigenvalue weighted by atomic mass is 79.9. The molecule has 0 saturated carbocycles. The number of carbonyl (C=O) groups excluding carboxylic acids is 1. The SMILES string of the molecule is Cc1nc(C(=O)Nc2c(C)cc(Br)cc2N)cs1. The molecule has 0 atom stereocenters.